The molecule has 0 radical (unpaired) electrons. The van der Waals surface area contributed by atoms with Gasteiger partial charge in [0.2, 0.25) is 10.0 Å². The average molecular weight is 337 g/mol. The van der Waals surface area contributed by atoms with E-state index in [1.807, 2.05) is 11.8 Å². The number of hydrogen-bond donors (Lipinski definition) is 1. The van der Waals surface area contributed by atoms with Gasteiger partial charge in [-0.15, -0.1) is 0 Å². The van der Waals surface area contributed by atoms with Gasteiger partial charge in [-0.3, -0.25) is 0 Å². The molecular formula is C15H32N2O2S2. The van der Waals surface area contributed by atoms with E-state index in [1.165, 1.54) is 6.26 Å². The van der Waals surface area contributed by atoms with Crippen molar-refractivity contribution in [3.05, 3.63) is 0 Å². The van der Waals surface area contributed by atoms with Gasteiger partial charge < -0.3 is 5.32 Å². The highest BCUT2D eigenvalue weighted by atomic mass is 32.2. The molecule has 1 aliphatic rings. The molecule has 0 bridgehead atoms. The van der Waals surface area contributed by atoms with Crippen molar-refractivity contribution in [1.82, 2.24) is 9.62 Å². The lowest BCUT2D eigenvalue weighted by atomic mass is 9.93. The van der Waals surface area contributed by atoms with Crippen LogP contribution in [0.2, 0.25) is 0 Å². The first-order valence-corrected chi connectivity index (χ1v) is 10.8. The highest BCUT2D eigenvalue weighted by Crippen LogP contribution is 2.27. The summed E-state index contributed by atoms with van der Waals surface area (Å²) in [4.78, 5) is 0. The third-order valence-electron chi connectivity index (χ3n) is 3.78. The van der Waals surface area contributed by atoms with E-state index in [-0.39, 0.29) is 4.75 Å². The molecule has 1 rings (SSSR count). The van der Waals surface area contributed by atoms with Crippen LogP contribution in [0, 0.1) is 5.92 Å². The average Bonchev–Trinajstić information content (AvgIpc) is 2.35. The molecule has 0 aromatic heterocycles. The minimum atomic E-state index is -3.03. The maximum atomic E-state index is 11.7. The van der Waals surface area contributed by atoms with Crippen molar-refractivity contribution >= 4 is 21.8 Å². The minimum absolute atomic E-state index is 0.277. The van der Waals surface area contributed by atoms with E-state index in [0.717, 1.165) is 31.6 Å². The molecule has 126 valence electrons. The molecule has 1 heterocycles. The Morgan fingerprint density at radius 3 is 2.57 bits per heavy atom. The highest BCUT2D eigenvalue weighted by molar-refractivity contribution is 8.00. The van der Waals surface area contributed by atoms with E-state index in [2.05, 4.69) is 33.0 Å². The number of rotatable bonds is 7. The fourth-order valence-corrected chi connectivity index (χ4v) is 4.67. The topological polar surface area (TPSA) is 49.4 Å². The van der Waals surface area contributed by atoms with Gasteiger partial charge in [-0.2, -0.15) is 11.8 Å². The molecule has 0 amide bonds. The fraction of sp³-hybridized carbons (Fsp3) is 1.00. The summed E-state index contributed by atoms with van der Waals surface area (Å²) in [5.74, 6) is 1.57. The molecule has 1 N–H and O–H groups in total. The van der Waals surface area contributed by atoms with Gasteiger partial charge >= 0.3 is 0 Å². The summed E-state index contributed by atoms with van der Waals surface area (Å²) in [7, 11) is -3.03. The monoisotopic (exact) mass is 336 g/mol. The Kier molecular flexibility index (Phi) is 7.50. The highest BCUT2D eigenvalue weighted by Gasteiger charge is 2.28. The first-order valence-electron chi connectivity index (χ1n) is 7.94. The van der Waals surface area contributed by atoms with Gasteiger partial charge in [-0.25, -0.2) is 12.7 Å². The summed E-state index contributed by atoms with van der Waals surface area (Å²) in [6.45, 7) is 11.2. The van der Waals surface area contributed by atoms with Gasteiger partial charge in [0.1, 0.15) is 0 Å². The summed E-state index contributed by atoms with van der Waals surface area (Å²) in [5.41, 5.74) is 0. The molecule has 1 saturated heterocycles. The number of nitrogens with zero attached hydrogens (tertiary/aromatic N) is 1. The number of thioether (sulfide) groups is 1. The predicted molar refractivity (Wildman–Crippen MR) is 93.4 cm³/mol. The Hall–Kier alpha value is 0.220. The van der Waals surface area contributed by atoms with E-state index < -0.39 is 10.0 Å². The standard InChI is InChI=1S/C15H32N2O2S2/c1-6-16-14(12-20-15(2,3)4)10-13-8-7-9-17(11-13)21(5,18)19/h13-14,16H,6-12H2,1-5H3. The molecule has 4 nitrogen and oxygen atoms in total. The third-order valence-corrected chi connectivity index (χ3v) is 6.48. The van der Waals surface area contributed by atoms with Crippen molar-refractivity contribution < 1.29 is 8.42 Å². The first-order chi connectivity index (χ1) is 9.62. The fourth-order valence-electron chi connectivity index (χ4n) is 2.77. The van der Waals surface area contributed by atoms with Crippen molar-refractivity contribution in [2.24, 2.45) is 5.92 Å². The first kappa shape index (κ1) is 19.3. The maximum absolute atomic E-state index is 11.7. The Balaban J connectivity index is 2.54. The van der Waals surface area contributed by atoms with Crippen molar-refractivity contribution in [1.29, 1.82) is 0 Å². The summed E-state index contributed by atoms with van der Waals surface area (Å²) in [6, 6.07) is 0.476. The van der Waals surface area contributed by atoms with E-state index in [4.69, 9.17) is 0 Å². The van der Waals surface area contributed by atoms with Crippen LogP contribution in [0.15, 0.2) is 0 Å². The summed E-state index contributed by atoms with van der Waals surface area (Å²) in [5, 5.41) is 3.57. The van der Waals surface area contributed by atoms with Gasteiger partial charge in [0.05, 0.1) is 6.26 Å². The Labute approximate surface area is 135 Å². The normalized spacial score (nSPS) is 23.2. The minimum Gasteiger partial charge on any atom is -0.313 e. The Bertz CT molecular complexity index is 404. The second-order valence-corrected chi connectivity index (χ2v) is 10.9. The zero-order valence-corrected chi connectivity index (χ0v) is 15.8. The predicted octanol–water partition coefficient (Wildman–Crippen LogP) is 2.56. The lowest BCUT2D eigenvalue weighted by Gasteiger charge is -2.33. The number of hydrogen-bond acceptors (Lipinski definition) is 4. The van der Waals surface area contributed by atoms with Crippen LogP contribution in [0.4, 0.5) is 0 Å². The zero-order valence-electron chi connectivity index (χ0n) is 14.2. The molecule has 1 aliphatic heterocycles. The van der Waals surface area contributed by atoms with Crippen molar-refractivity contribution in [2.45, 2.75) is 57.7 Å². The second-order valence-electron chi connectivity index (χ2n) is 7.04. The molecule has 0 spiro atoms. The summed E-state index contributed by atoms with van der Waals surface area (Å²) < 4.78 is 25.3. The molecule has 2 atom stereocenters. The van der Waals surface area contributed by atoms with Gasteiger partial charge in [0, 0.05) is 29.6 Å². The number of piperidine rings is 1. The van der Waals surface area contributed by atoms with Crippen LogP contribution >= 0.6 is 11.8 Å². The van der Waals surface area contributed by atoms with Crippen LogP contribution < -0.4 is 5.32 Å². The van der Waals surface area contributed by atoms with Crippen molar-refractivity contribution in [3.63, 3.8) is 0 Å². The van der Waals surface area contributed by atoms with E-state index in [9.17, 15) is 8.42 Å². The van der Waals surface area contributed by atoms with Crippen LogP contribution in [0.1, 0.15) is 47.0 Å². The van der Waals surface area contributed by atoms with Crippen molar-refractivity contribution in [2.75, 3.05) is 31.6 Å². The quantitative estimate of drug-likeness (QED) is 0.776. The number of nitrogens with one attached hydrogen (secondary N) is 1. The molecule has 0 aromatic rings. The summed E-state index contributed by atoms with van der Waals surface area (Å²) in [6.07, 6.45) is 4.53. The van der Waals surface area contributed by atoms with E-state index in [1.54, 1.807) is 4.31 Å². The van der Waals surface area contributed by atoms with Crippen molar-refractivity contribution in [3.8, 4) is 0 Å². The third kappa shape index (κ3) is 7.86. The SMILES string of the molecule is CCNC(CSC(C)(C)C)CC1CCCN(S(C)(=O)=O)C1. The molecule has 0 aromatic carbocycles. The lowest BCUT2D eigenvalue weighted by molar-refractivity contribution is 0.242. The maximum Gasteiger partial charge on any atom is 0.211 e. The van der Waals surface area contributed by atoms with Gasteiger partial charge in [0.15, 0.2) is 0 Å². The largest absolute Gasteiger partial charge is 0.313 e. The van der Waals surface area contributed by atoms with Crippen LogP contribution in [0.3, 0.4) is 0 Å². The van der Waals surface area contributed by atoms with Crippen LogP contribution in [-0.2, 0) is 10.0 Å². The number of sulfonamides is 1. The van der Waals surface area contributed by atoms with Crippen LogP contribution in [0.5, 0.6) is 0 Å². The van der Waals surface area contributed by atoms with Gasteiger partial charge in [0.25, 0.3) is 0 Å². The molecular weight excluding hydrogens is 304 g/mol. The lowest BCUT2D eigenvalue weighted by Crippen LogP contribution is -2.42. The Morgan fingerprint density at radius 2 is 2.05 bits per heavy atom. The molecule has 0 saturated carbocycles. The molecule has 6 heteroatoms. The molecule has 0 aliphatic carbocycles. The van der Waals surface area contributed by atoms with E-state index >= 15 is 0 Å². The van der Waals surface area contributed by atoms with E-state index in [0.29, 0.717) is 25.0 Å². The summed E-state index contributed by atoms with van der Waals surface area (Å²) >= 11 is 1.98. The van der Waals surface area contributed by atoms with Gasteiger partial charge in [-0.05, 0) is 31.7 Å². The van der Waals surface area contributed by atoms with Crippen LogP contribution in [0.25, 0.3) is 0 Å². The van der Waals surface area contributed by atoms with Gasteiger partial charge in [-0.1, -0.05) is 27.7 Å². The zero-order chi connectivity index (χ0) is 16.1. The Morgan fingerprint density at radius 1 is 1.38 bits per heavy atom. The smallest absolute Gasteiger partial charge is 0.211 e. The second kappa shape index (κ2) is 8.18. The molecule has 21 heavy (non-hydrogen) atoms. The molecule has 1 fully saturated rings. The van der Waals surface area contributed by atoms with Crippen LogP contribution in [-0.4, -0.2) is 55.2 Å². The molecule has 2 unspecified atom stereocenters.